The van der Waals surface area contributed by atoms with Crippen molar-refractivity contribution in [3.05, 3.63) is 11.8 Å². The van der Waals surface area contributed by atoms with Crippen molar-refractivity contribution in [3.8, 4) is 0 Å². The van der Waals surface area contributed by atoms with Crippen molar-refractivity contribution in [2.75, 3.05) is 0 Å². The average molecular weight is 138 g/mol. The highest BCUT2D eigenvalue weighted by molar-refractivity contribution is 4.98. The predicted octanol–water partition coefficient (Wildman–Crippen LogP) is 2.62. The van der Waals surface area contributed by atoms with Crippen molar-refractivity contribution in [1.29, 1.82) is 0 Å². The van der Waals surface area contributed by atoms with E-state index in [0.29, 0.717) is 6.10 Å². The molecule has 2 bridgehead atoms. The fourth-order valence-electron chi connectivity index (χ4n) is 1.80. The fraction of sp³-hybridized carbons (Fsp3) is 0.778. The van der Waals surface area contributed by atoms with E-state index in [1.54, 1.807) is 0 Å². The normalized spacial score (nSPS) is 32.0. The number of fused-ring (bicyclic) bond motifs is 2. The highest BCUT2D eigenvalue weighted by Crippen LogP contribution is 2.28. The van der Waals surface area contributed by atoms with Crippen LogP contribution in [0.1, 0.15) is 38.5 Å². The van der Waals surface area contributed by atoms with E-state index in [2.05, 4.69) is 6.08 Å². The van der Waals surface area contributed by atoms with Gasteiger partial charge in [-0.1, -0.05) is 0 Å². The zero-order valence-corrected chi connectivity index (χ0v) is 6.31. The molecule has 0 saturated carbocycles. The first-order valence-electron chi connectivity index (χ1n) is 4.31. The predicted molar refractivity (Wildman–Crippen MR) is 40.7 cm³/mol. The van der Waals surface area contributed by atoms with Crippen LogP contribution in [0.2, 0.25) is 0 Å². The van der Waals surface area contributed by atoms with E-state index in [4.69, 9.17) is 4.74 Å². The molecule has 56 valence electrons. The molecule has 0 aromatic carbocycles. The molecule has 1 atom stereocenters. The topological polar surface area (TPSA) is 9.23 Å². The molecule has 0 aliphatic carbocycles. The summed E-state index contributed by atoms with van der Waals surface area (Å²) in [7, 11) is 0. The second-order valence-corrected chi connectivity index (χ2v) is 3.23. The Bertz CT molecular complexity index is 149. The lowest BCUT2D eigenvalue weighted by molar-refractivity contribution is 0.0711. The summed E-state index contributed by atoms with van der Waals surface area (Å²) in [4.78, 5) is 0. The van der Waals surface area contributed by atoms with E-state index in [1.807, 2.05) is 0 Å². The summed E-state index contributed by atoms with van der Waals surface area (Å²) in [5, 5.41) is 0. The minimum atomic E-state index is 0.572. The molecule has 10 heavy (non-hydrogen) atoms. The third-order valence-corrected chi connectivity index (χ3v) is 2.37. The third-order valence-electron chi connectivity index (χ3n) is 2.37. The van der Waals surface area contributed by atoms with E-state index in [9.17, 15) is 0 Å². The van der Waals surface area contributed by atoms with Gasteiger partial charge in [-0.25, -0.2) is 0 Å². The van der Waals surface area contributed by atoms with Gasteiger partial charge in [0.25, 0.3) is 0 Å². The molecule has 0 aromatic heterocycles. The van der Waals surface area contributed by atoms with Crippen molar-refractivity contribution in [1.82, 2.24) is 0 Å². The largest absolute Gasteiger partial charge is 0.495 e. The van der Waals surface area contributed by atoms with Gasteiger partial charge in [0.2, 0.25) is 0 Å². The highest BCUT2D eigenvalue weighted by atomic mass is 16.5. The number of hydrogen-bond donors (Lipinski definition) is 0. The van der Waals surface area contributed by atoms with Gasteiger partial charge in [0.1, 0.15) is 0 Å². The van der Waals surface area contributed by atoms with E-state index in [1.165, 1.54) is 44.3 Å². The van der Waals surface area contributed by atoms with Crippen molar-refractivity contribution < 1.29 is 4.74 Å². The number of ether oxygens (including phenoxy) is 1. The Morgan fingerprint density at radius 1 is 1.30 bits per heavy atom. The molecule has 1 nitrogen and oxygen atoms in total. The molecule has 2 aliphatic heterocycles. The van der Waals surface area contributed by atoms with Gasteiger partial charge in [0.05, 0.1) is 11.9 Å². The van der Waals surface area contributed by atoms with Crippen LogP contribution < -0.4 is 0 Å². The van der Waals surface area contributed by atoms with Crippen LogP contribution in [0.5, 0.6) is 0 Å². The Morgan fingerprint density at radius 2 is 2.20 bits per heavy atom. The highest BCUT2D eigenvalue weighted by Gasteiger charge is 2.19. The quantitative estimate of drug-likeness (QED) is 0.500. The zero-order valence-electron chi connectivity index (χ0n) is 6.31. The first-order chi connectivity index (χ1) is 4.95. The van der Waals surface area contributed by atoms with Gasteiger partial charge < -0.3 is 4.74 Å². The Labute approximate surface area is 62.1 Å². The molecule has 0 radical (unpaired) electrons. The van der Waals surface area contributed by atoms with Gasteiger partial charge in [-0.05, 0) is 38.2 Å². The average Bonchev–Trinajstić information content (AvgIpc) is 2.12. The number of hydrogen-bond acceptors (Lipinski definition) is 1. The summed E-state index contributed by atoms with van der Waals surface area (Å²) in [6.07, 6.45) is 10.5. The van der Waals surface area contributed by atoms with Crippen LogP contribution in [-0.4, -0.2) is 6.10 Å². The Kier molecular flexibility index (Phi) is 1.66. The standard InChI is InChI=1S/C9H14O/c1-2-5-9-7-3-6-8(4-1)10-9/h4,9H,1-3,5-7H2. The molecule has 0 spiro atoms. The third kappa shape index (κ3) is 1.18. The summed E-state index contributed by atoms with van der Waals surface area (Å²) in [6.45, 7) is 0. The maximum absolute atomic E-state index is 5.71. The molecule has 0 aromatic rings. The first kappa shape index (κ1) is 6.26. The summed E-state index contributed by atoms with van der Waals surface area (Å²) in [5.41, 5.74) is 0. The van der Waals surface area contributed by atoms with Gasteiger partial charge in [0.15, 0.2) is 0 Å². The van der Waals surface area contributed by atoms with Crippen molar-refractivity contribution in [2.45, 2.75) is 44.6 Å². The van der Waals surface area contributed by atoms with Crippen LogP contribution in [0.4, 0.5) is 0 Å². The first-order valence-corrected chi connectivity index (χ1v) is 4.31. The molecular weight excluding hydrogens is 124 g/mol. The van der Waals surface area contributed by atoms with E-state index < -0.39 is 0 Å². The van der Waals surface area contributed by atoms with Gasteiger partial charge in [-0.3, -0.25) is 0 Å². The SMILES string of the molecule is C1=C2CCCC(CCC1)O2. The summed E-state index contributed by atoms with van der Waals surface area (Å²) in [5.74, 6) is 1.27. The van der Waals surface area contributed by atoms with E-state index in [-0.39, 0.29) is 0 Å². The fourth-order valence-corrected chi connectivity index (χ4v) is 1.80. The molecule has 1 unspecified atom stereocenters. The van der Waals surface area contributed by atoms with Crippen LogP contribution in [0.15, 0.2) is 11.8 Å². The Balaban J connectivity index is 2.08. The maximum atomic E-state index is 5.71. The molecule has 1 fully saturated rings. The van der Waals surface area contributed by atoms with E-state index >= 15 is 0 Å². The molecule has 1 heteroatoms. The van der Waals surface area contributed by atoms with Gasteiger partial charge in [-0.2, -0.15) is 0 Å². The van der Waals surface area contributed by atoms with Gasteiger partial charge in [0, 0.05) is 6.42 Å². The lowest BCUT2D eigenvalue weighted by Gasteiger charge is -2.23. The molecule has 1 saturated heterocycles. The number of allylic oxidation sites excluding steroid dienone is 2. The summed E-state index contributed by atoms with van der Waals surface area (Å²) >= 11 is 0. The smallest absolute Gasteiger partial charge is 0.0982 e. The van der Waals surface area contributed by atoms with Crippen LogP contribution in [0, 0.1) is 0 Å². The van der Waals surface area contributed by atoms with Gasteiger partial charge in [-0.15, -0.1) is 0 Å². The lowest BCUT2D eigenvalue weighted by atomic mass is 10.1. The molecule has 2 aliphatic rings. The number of rotatable bonds is 0. The lowest BCUT2D eigenvalue weighted by Crippen LogP contribution is -2.15. The minimum Gasteiger partial charge on any atom is -0.495 e. The van der Waals surface area contributed by atoms with E-state index in [0.717, 1.165) is 0 Å². The summed E-state index contributed by atoms with van der Waals surface area (Å²) < 4.78 is 5.71. The Hall–Kier alpha value is -0.460. The van der Waals surface area contributed by atoms with Crippen LogP contribution in [0.25, 0.3) is 0 Å². The van der Waals surface area contributed by atoms with Crippen molar-refractivity contribution >= 4 is 0 Å². The van der Waals surface area contributed by atoms with Crippen molar-refractivity contribution in [2.24, 2.45) is 0 Å². The van der Waals surface area contributed by atoms with Crippen molar-refractivity contribution in [3.63, 3.8) is 0 Å². The van der Waals surface area contributed by atoms with Gasteiger partial charge >= 0.3 is 0 Å². The van der Waals surface area contributed by atoms with Crippen LogP contribution in [0.3, 0.4) is 0 Å². The van der Waals surface area contributed by atoms with Crippen LogP contribution >= 0.6 is 0 Å². The second-order valence-electron chi connectivity index (χ2n) is 3.23. The van der Waals surface area contributed by atoms with Crippen LogP contribution in [-0.2, 0) is 4.74 Å². The minimum absolute atomic E-state index is 0.572. The molecule has 0 amide bonds. The molecule has 2 heterocycles. The molecule has 0 N–H and O–H groups in total. The summed E-state index contributed by atoms with van der Waals surface area (Å²) in [6, 6.07) is 0. The second kappa shape index (κ2) is 2.65. The Morgan fingerprint density at radius 3 is 3.20 bits per heavy atom. The molecule has 2 rings (SSSR count). The monoisotopic (exact) mass is 138 g/mol. The maximum Gasteiger partial charge on any atom is 0.0982 e. The zero-order chi connectivity index (χ0) is 6.81. The molecular formula is C9H14O.